The van der Waals surface area contributed by atoms with Gasteiger partial charge in [-0.05, 0) is 30.9 Å². The van der Waals surface area contributed by atoms with E-state index >= 15 is 0 Å². The average molecular weight is 172 g/mol. The van der Waals surface area contributed by atoms with Gasteiger partial charge in [0.05, 0.1) is 0 Å². The molecule has 0 radical (unpaired) electrons. The summed E-state index contributed by atoms with van der Waals surface area (Å²) in [6.45, 7) is 9.96. The van der Waals surface area contributed by atoms with Gasteiger partial charge < -0.3 is 0 Å². The molecule has 1 aliphatic carbocycles. The van der Waals surface area contributed by atoms with Gasteiger partial charge in [0.2, 0.25) is 0 Å². The molecular formula is C13H16. The van der Waals surface area contributed by atoms with Gasteiger partial charge in [0.1, 0.15) is 0 Å². The molecule has 0 aromatic heterocycles. The summed E-state index contributed by atoms with van der Waals surface area (Å²) >= 11 is 0. The Balaban J connectivity index is 2.70. The maximum Gasteiger partial charge on any atom is -0.00725 e. The first-order valence-electron chi connectivity index (χ1n) is 4.56. The third kappa shape index (κ3) is 3.29. The van der Waals surface area contributed by atoms with Gasteiger partial charge in [0.15, 0.2) is 0 Å². The summed E-state index contributed by atoms with van der Waals surface area (Å²) in [4.78, 5) is 0. The highest BCUT2D eigenvalue weighted by Crippen LogP contribution is 2.19. The number of allylic oxidation sites excluding steroid dienone is 8. The van der Waals surface area contributed by atoms with E-state index in [-0.39, 0.29) is 0 Å². The topological polar surface area (TPSA) is 0 Å². The fraction of sp³-hybridized carbons (Fsp3) is 0.231. The molecule has 13 heavy (non-hydrogen) atoms. The van der Waals surface area contributed by atoms with Crippen molar-refractivity contribution < 1.29 is 0 Å². The van der Waals surface area contributed by atoms with Crippen LogP contribution in [-0.4, -0.2) is 0 Å². The fourth-order valence-electron chi connectivity index (χ4n) is 1.28. The molecule has 0 unspecified atom stereocenters. The molecule has 0 heterocycles. The zero-order valence-electron chi connectivity index (χ0n) is 8.22. The summed E-state index contributed by atoms with van der Waals surface area (Å²) in [6, 6.07) is 0. The quantitative estimate of drug-likeness (QED) is 0.565. The van der Waals surface area contributed by atoms with Gasteiger partial charge in [0.25, 0.3) is 0 Å². The van der Waals surface area contributed by atoms with Crippen LogP contribution in [-0.2, 0) is 0 Å². The molecule has 0 atom stereocenters. The molecule has 0 N–H and O–H groups in total. The summed E-state index contributed by atoms with van der Waals surface area (Å²) in [7, 11) is 0. The van der Waals surface area contributed by atoms with Gasteiger partial charge >= 0.3 is 0 Å². The Labute approximate surface area is 80.7 Å². The lowest BCUT2D eigenvalue weighted by Crippen LogP contribution is -1.85. The summed E-state index contributed by atoms with van der Waals surface area (Å²) in [5, 5.41) is 0. The average Bonchev–Trinajstić information content (AvgIpc) is 2.29. The largest absolute Gasteiger partial charge is 0.0998 e. The number of rotatable bonds is 3. The van der Waals surface area contributed by atoms with Crippen LogP contribution >= 0.6 is 0 Å². The van der Waals surface area contributed by atoms with Crippen LogP contribution in [0.2, 0.25) is 0 Å². The first-order valence-corrected chi connectivity index (χ1v) is 4.56. The van der Waals surface area contributed by atoms with Crippen molar-refractivity contribution in [2.24, 2.45) is 0 Å². The van der Waals surface area contributed by atoms with Crippen LogP contribution in [0, 0.1) is 0 Å². The normalized spacial score (nSPS) is 15.0. The van der Waals surface area contributed by atoms with Crippen molar-refractivity contribution in [1.82, 2.24) is 0 Å². The molecule has 0 saturated heterocycles. The Bertz CT molecular complexity index is 298. The maximum atomic E-state index is 4.05. The van der Waals surface area contributed by atoms with Crippen LogP contribution in [0.25, 0.3) is 0 Å². The lowest BCUT2D eigenvalue weighted by atomic mass is 10.0. The molecule has 0 aliphatic heterocycles. The standard InChI is InChI=1S/C13H16/c1-11(2)10-12(3)13-8-6-4-5-7-9-13/h4,6-9H,1,3,5,10H2,2H3. The molecule has 1 rings (SSSR count). The second-order valence-electron chi connectivity index (χ2n) is 3.43. The van der Waals surface area contributed by atoms with Crippen molar-refractivity contribution in [3.05, 3.63) is 60.3 Å². The summed E-state index contributed by atoms with van der Waals surface area (Å²) in [5.74, 6) is 0. The van der Waals surface area contributed by atoms with Gasteiger partial charge in [-0.15, -0.1) is 0 Å². The zero-order valence-corrected chi connectivity index (χ0v) is 8.22. The van der Waals surface area contributed by atoms with Gasteiger partial charge in [-0.3, -0.25) is 0 Å². The zero-order chi connectivity index (χ0) is 9.68. The lowest BCUT2D eigenvalue weighted by molar-refractivity contribution is 1.15. The third-order valence-corrected chi connectivity index (χ3v) is 1.90. The van der Waals surface area contributed by atoms with E-state index < -0.39 is 0 Å². The Morgan fingerprint density at radius 1 is 1.38 bits per heavy atom. The highest BCUT2D eigenvalue weighted by Gasteiger charge is 1.99. The van der Waals surface area contributed by atoms with E-state index in [0.717, 1.165) is 24.0 Å². The molecule has 1 aliphatic rings. The molecule has 0 amide bonds. The van der Waals surface area contributed by atoms with Crippen molar-refractivity contribution >= 4 is 0 Å². The predicted octanol–water partition coefficient (Wildman–Crippen LogP) is 3.95. The van der Waals surface area contributed by atoms with Crippen LogP contribution in [0.5, 0.6) is 0 Å². The summed E-state index contributed by atoms with van der Waals surface area (Å²) in [5.41, 5.74) is 3.53. The fourth-order valence-corrected chi connectivity index (χ4v) is 1.28. The van der Waals surface area contributed by atoms with E-state index in [1.807, 2.05) is 6.92 Å². The molecule has 0 aromatic carbocycles. The van der Waals surface area contributed by atoms with Gasteiger partial charge in [-0.25, -0.2) is 0 Å². The minimum atomic E-state index is 0.893. The molecule has 0 bridgehead atoms. The Kier molecular flexibility index (Phi) is 3.51. The Morgan fingerprint density at radius 2 is 2.15 bits per heavy atom. The van der Waals surface area contributed by atoms with Crippen molar-refractivity contribution in [1.29, 1.82) is 0 Å². The number of hydrogen-bond donors (Lipinski definition) is 0. The first kappa shape index (κ1) is 9.79. The van der Waals surface area contributed by atoms with Crippen LogP contribution in [0.3, 0.4) is 0 Å². The van der Waals surface area contributed by atoms with Crippen molar-refractivity contribution in [3.63, 3.8) is 0 Å². The monoisotopic (exact) mass is 172 g/mol. The molecule has 0 spiro atoms. The van der Waals surface area contributed by atoms with Crippen LogP contribution in [0.15, 0.2) is 60.3 Å². The predicted molar refractivity (Wildman–Crippen MR) is 59.6 cm³/mol. The van der Waals surface area contributed by atoms with Crippen molar-refractivity contribution in [3.8, 4) is 0 Å². The Morgan fingerprint density at radius 3 is 2.85 bits per heavy atom. The molecule has 0 saturated carbocycles. The summed E-state index contributed by atoms with van der Waals surface area (Å²) < 4.78 is 0. The SMILES string of the molecule is C=C(C)CC(=C)C1=CC=CCC=C1. The van der Waals surface area contributed by atoms with Gasteiger partial charge in [-0.2, -0.15) is 0 Å². The molecular weight excluding hydrogens is 156 g/mol. The minimum absolute atomic E-state index is 0.893. The second-order valence-corrected chi connectivity index (χ2v) is 3.43. The first-order chi connectivity index (χ1) is 6.20. The molecule has 0 fully saturated rings. The smallest absolute Gasteiger partial charge is 0.00725 e. The molecule has 68 valence electrons. The van der Waals surface area contributed by atoms with E-state index in [2.05, 4.69) is 43.5 Å². The molecule has 0 nitrogen and oxygen atoms in total. The van der Waals surface area contributed by atoms with Gasteiger partial charge in [0, 0.05) is 0 Å². The highest BCUT2D eigenvalue weighted by atomic mass is 14.0. The van der Waals surface area contributed by atoms with E-state index in [1.165, 1.54) is 5.57 Å². The van der Waals surface area contributed by atoms with E-state index in [1.54, 1.807) is 0 Å². The van der Waals surface area contributed by atoms with Crippen LogP contribution < -0.4 is 0 Å². The van der Waals surface area contributed by atoms with Crippen molar-refractivity contribution in [2.75, 3.05) is 0 Å². The maximum absolute atomic E-state index is 4.05. The molecule has 0 aromatic rings. The second kappa shape index (κ2) is 4.66. The minimum Gasteiger partial charge on any atom is -0.0998 e. The van der Waals surface area contributed by atoms with E-state index in [9.17, 15) is 0 Å². The lowest BCUT2D eigenvalue weighted by Gasteiger charge is -2.05. The third-order valence-electron chi connectivity index (χ3n) is 1.90. The molecule has 0 heteroatoms. The summed E-state index contributed by atoms with van der Waals surface area (Å²) in [6.07, 6.45) is 12.5. The van der Waals surface area contributed by atoms with E-state index in [0.29, 0.717) is 0 Å². The van der Waals surface area contributed by atoms with Crippen LogP contribution in [0.1, 0.15) is 19.8 Å². The highest BCUT2D eigenvalue weighted by molar-refractivity contribution is 5.43. The van der Waals surface area contributed by atoms with Crippen LogP contribution in [0.4, 0.5) is 0 Å². The van der Waals surface area contributed by atoms with Crippen molar-refractivity contribution in [2.45, 2.75) is 19.8 Å². The number of hydrogen-bond acceptors (Lipinski definition) is 0. The van der Waals surface area contributed by atoms with Gasteiger partial charge in [-0.1, -0.05) is 49.1 Å². The Hall–Kier alpha value is -1.30. The van der Waals surface area contributed by atoms with E-state index in [4.69, 9.17) is 0 Å².